The van der Waals surface area contributed by atoms with Gasteiger partial charge in [-0.1, -0.05) is 0 Å². The van der Waals surface area contributed by atoms with Gasteiger partial charge in [-0.2, -0.15) is 0 Å². The van der Waals surface area contributed by atoms with Crippen LogP contribution >= 0.6 is 11.3 Å². The fourth-order valence-electron chi connectivity index (χ4n) is 2.98. The van der Waals surface area contributed by atoms with E-state index in [1.54, 1.807) is 29.0 Å². The lowest BCUT2D eigenvalue weighted by atomic mass is 10.2. The van der Waals surface area contributed by atoms with Crippen molar-refractivity contribution in [3.63, 3.8) is 0 Å². The lowest BCUT2D eigenvalue weighted by Gasteiger charge is -2.39. The molecule has 0 saturated carbocycles. The zero-order valence-corrected chi connectivity index (χ0v) is 14.4. The van der Waals surface area contributed by atoms with Crippen LogP contribution in [0, 0.1) is 0 Å². The Kier molecular flexibility index (Phi) is 4.36. The molecule has 124 valence electrons. The molecule has 23 heavy (non-hydrogen) atoms. The van der Waals surface area contributed by atoms with Crippen LogP contribution in [0.1, 0.15) is 12.6 Å². The Morgan fingerprint density at radius 3 is 2.70 bits per heavy atom. The molecule has 2 aromatic heterocycles. The zero-order valence-electron chi connectivity index (χ0n) is 13.6. The summed E-state index contributed by atoms with van der Waals surface area (Å²) in [7, 11) is 3.22. The van der Waals surface area contributed by atoms with Gasteiger partial charge in [0.15, 0.2) is 5.13 Å². The maximum Gasteiger partial charge on any atom is 0.330 e. The van der Waals surface area contributed by atoms with Crippen LogP contribution in [0.15, 0.2) is 27.2 Å². The predicted molar refractivity (Wildman–Crippen MR) is 91.1 cm³/mol. The lowest BCUT2D eigenvalue weighted by Crippen LogP contribution is -2.52. The monoisotopic (exact) mass is 335 g/mol. The minimum atomic E-state index is -0.276. The molecule has 8 heteroatoms. The van der Waals surface area contributed by atoms with Gasteiger partial charge in [0.25, 0.3) is 5.56 Å². The summed E-state index contributed by atoms with van der Waals surface area (Å²) in [5, 5.41) is 3.04. The van der Waals surface area contributed by atoms with Crippen LogP contribution in [-0.2, 0) is 20.6 Å². The zero-order chi connectivity index (χ0) is 16.6. The Labute approximate surface area is 138 Å². The molecule has 0 aliphatic carbocycles. The number of hydrogen-bond acceptors (Lipinski definition) is 6. The molecular weight excluding hydrogens is 314 g/mol. The van der Waals surface area contributed by atoms with Gasteiger partial charge in [-0.15, -0.1) is 11.3 Å². The summed E-state index contributed by atoms with van der Waals surface area (Å²) in [6.07, 6.45) is 1.83. The molecule has 1 aliphatic rings. The van der Waals surface area contributed by atoms with Crippen molar-refractivity contribution >= 4 is 16.5 Å². The highest BCUT2D eigenvalue weighted by molar-refractivity contribution is 7.13. The second-order valence-electron chi connectivity index (χ2n) is 5.97. The van der Waals surface area contributed by atoms with Crippen molar-refractivity contribution in [1.29, 1.82) is 0 Å². The number of rotatable bonds is 3. The highest BCUT2D eigenvalue weighted by Crippen LogP contribution is 2.23. The van der Waals surface area contributed by atoms with E-state index in [-0.39, 0.29) is 11.2 Å². The molecule has 1 saturated heterocycles. The van der Waals surface area contributed by atoms with E-state index >= 15 is 0 Å². The third-order valence-electron chi connectivity index (χ3n) is 4.39. The van der Waals surface area contributed by atoms with Crippen molar-refractivity contribution < 1.29 is 0 Å². The van der Waals surface area contributed by atoms with Crippen LogP contribution in [0.5, 0.6) is 0 Å². The second kappa shape index (κ2) is 6.29. The van der Waals surface area contributed by atoms with Gasteiger partial charge in [0.05, 0.1) is 0 Å². The first-order valence-corrected chi connectivity index (χ1v) is 8.49. The maximum atomic E-state index is 12.0. The van der Waals surface area contributed by atoms with Gasteiger partial charge in [-0.25, -0.2) is 9.78 Å². The molecule has 0 N–H and O–H groups in total. The van der Waals surface area contributed by atoms with Crippen molar-refractivity contribution in [2.75, 3.05) is 24.5 Å². The normalized spacial score (nSPS) is 19.3. The van der Waals surface area contributed by atoms with Crippen LogP contribution in [0.2, 0.25) is 0 Å². The van der Waals surface area contributed by atoms with E-state index in [0.717, 1.165) is 35.0 Å². The summed E-state index contributed by atoms with van der Waals surface area (Å²) in [6, 6.07) is 1.90. The molecule has 0 unspecified atom stereocenters. The second-order valence-corrected chi connectivity index (χ2v) is 6.84. The average Bonchev–Trinajstić information content (AvgIpc) is 3.05. The average molecular weight is 335 g/mol. The fourth-order valence-corrected chi connectivity index (χ4v) is 3.75. The standard InChI is InChI=1S/C15H21N5O2S/c1-11-9-19(5-6-20(11)14-16-4-7-23-14)10-12-8-13(21)18(3)15(22)17(12)2/h4,7-8,11H,5-6,9-10H2,1-3H3/t11-/m0/s1. The Hall–Kier alpha value is -1.93. The molecule has 0 radical (unpaired) electrons. The topological polar surface area (TPSA) is 63.4 Å². The molecular formula is C15H21N5O2S. The summed E-state index contributed by atoms with van der Waals surface area (Å²) in [4.78, 5) is 32.8. The molecule has 2 aromatic rings. The SMILES string of the molecule is C[C@H]1CN(Cc2cc(=O)n(C)c(=O)n2C)CCN1c1nccs1. The van der Waals surface area contributed by atoms with Crippen molar-refractivity contribution in [2.45, 2.75) is 19.5 Å². The Morgan fingerprint density at radius 1 is 1.26 bits per heavy atom. The van der Waals surface area contributed by atoms with E-state index in [0.29, 0.717) is 12.6 Å². The number of anilines is 1. The molecule has 0 spiro atoms. The van der Waals surface area contributed by atoms with E-state index in [1.807, 2.05) is 11.6 Å². The van der Waals surface area contributed by atoms with Gasteiger partial charge in [0.2, 0.25) is 0 Å². The highest BCUT2D eigenvalue weighted by atomic mass is 32.1. The van der Waals surface area contributed by atoms with Crippen LogP contribution in [0.3, 0.4) is 0 Å². The van der Waals surface area contributed by atoms with Crippen LogP contribution in [-0.4, -0.2) is 44.7 Å². The molecule has 1 fully saturated rings. The third kappa shape index (κ3) is 3.09. The first kappa shape index (κ1) is 15.9. The number of nitrogens with zero attached hydrogens (tertiary/aromatic N) is 5. The van der Waals surface area contributed by atoms with Gasteiger partial charge < -0.3 is 4.90 Å². The summed E-state index contributed by atoms with van der Waals surface area (Å²) in [5.41, 5.74) is 0.229. The van der Waals surface area contributed by atoms with Crippen molar-refractivity contribution in [3.8, 4) is 0 Å². The minimum Gasteiger partial charge on any atom is -0.343 e. The molecule has 0 aromatic carbocycles. The van der Waals surface area contributed by atoms with E-state index in [9.17, 15) is 9.59 Å². The highest BCUT2D eigenvalue weighted by Gasteiger charge is 2.25. The number of piperazine rings is 1. The summed E-state index contributed by atoms with van der Waals surface area (Å²) in [5.74, 6) is 0. The largest absolute Gasteiger partial charge is 0.343 e. The molecule has 1 atom stereocenters. The molecule has 7 nitrogen and oxygen atoms in total. The minimum absolute atomic E-state index is 0.252. The molecule has 3 heterocycles. The first-order valence-electron chi connectivity index (χ1n) is 7.62. The summed E-state index contributed by atoms with van der Waals surface area (Å²) >= 11 is 1.65. The number of hydrogen-bond donors (Lipinski definition) is 0. The molecule has 0 bridgehead atoms. The number of aromatic nitrogens is 3. The Bertz CT molecular complexity index is 795. The fraction of sp³-hybridized carbons (Fsp3) is 0.533. The van der Waals surface area contributed by atoms with Crippen LogP contribution < -0.4 is 16.1 Å². The van der Waals surface area contributed by atoms with Gasteiger partial charge >= 0.3 is 5.69 Å². The third-order valence-corrected chi connectivity index (χ3v) is 5.20. The molecule has 0 amide bonds. The van der Waals surface area contributed by atoms with Crippen molar-refractivity contribution in [1.82, 2.24) is 19.0 Å². The van der Waals surface area contributed by atoms with Gasteiger partial charge in [-0.3, -0.25) is 18.8 Å². The molecule has 1 aliphatic heterocycles. The first-order chi connectivity index (χ1) is 11.0. The van der Waals surface area contributed by atoms with Crippen molar-refractivity contribution in [3.05, 3.63) is 44.2 Å². The smallest absolute Gasteiger partial charge is 0.330 e. The van der Waals surface area contributed by atoms with E-state index in [1.165, 1.54) is 7.05 Å². The van der Waals surface area contributed by atoms with E-state index in [2.05, 4.69) is 21.7 Å². The van der Waals surface area contributed by atoms with Gasteiger partial charge in [0, 0.05) is 69.7 Å². The quantitative estimate of drug-likeness (QED) is 0.805. The van der Waals surface area contributed by atoms with Crippen molar-refractivity contribution in [2.24, 2.45) is 14.1 Å². The van der Waals surface area contributed by atoms with E-state index in [4.69, 9.17) is 0 Å². The Balaban J connectivity index is 1.74. The van der Waals surface area contributed by atoms with Gasteiger partial charge in [-0.05, 0) is 6.92 Å². The van der Waals surface area contributed by atoms with E-state index < -0.39 is 0 Å². The predicted octanol–water partition coefficient (Wildman–Crippen LogP) is 0.251. The number of thiazole rings is 1. The van der Waals surface area contributed by atoms with Gasteiger partial charge in [0.1, 0.15) is 0 Å². The van der Waals surface area contributed by atoms with Crippen LogP contribution in [0.25, 0.3) is 0 Å². The summed E-state index contributed by atoms with van der Waals surface area (Å²) in [6.45, 7) is 5.44. The lowest BCUT2D eigenvalue weighted by molar-refractivity contribution is 0.215. The van der Waals surface area contributed by atoms with Crippen LogP contribution in [0.4, 0.5) is 5.13 Å². The Morgan fingerprint density at radius 2 is 2.04 bits per heavy atom. The summed E-state index contributed by atoms with van der Waals surface area (Å²) < 4.78 is 2.69. The molecule has 3 rings (SSSR count). The maximum absolute atomic E-state index is 12.0.